The SMILES string of the molecule is COc1ccc(OC)c(-c2cc(CS)c(=O)[nH]n2)c1. The second-order valence-corrected chi connectivity index (χ2v) is 4.15. The van der Waals surface area contributed by atoms with Crippen LogP contribution in [0.3, 0.4) is 0 Å². The largest absolute Gasteiger partial charge is 0.497 e. The Balaban J connectivity index is 2.59. The van der Waals surface area contributed by atoms with Gasteiger partial charge in [0.25, 0.3) is 5.56 Å². The molecule has 0 amide bonds. The van der Waals surface area contributed by atoms with E-state index in [1.54, 1.807) is 32.4 Å². The number of aromatic nitrogens is 2. The van der Waals surface area contributed by atoms with Crippen molar-refractivity contribution < 1.29 is 9.47 Å². The molecule has 0 aliphatic carbocycles. The van der Waals surface area contributed by atoms with Gasteiger partial charge in [0, 0.05) is 16.9 Å². The van der Waals surface area contributed by atoms with Gasteiger partial charge in [-0.05, 0) is 24.3 Å². The Kier molecular flexibility index (Phi) is 4.11. The van der Waals surface area contributed by atoms with Gasteiger partial charge in [0.1, 0.15) is 11.5 Å². The normalized spacial score (nSPS) is 10.3. The van der Waals surface area contributed by atoms with E-state index in [1.165, 1.54) is 0 Å². The molecular weight excluding hydrogens is 264 g/mol. The molecule has 100 valence electrons. The highest BCUT2D eigenvalue weighted by Crippen LogP contribution is 2.31. The number of nitrogens with zero attached hydrogens (tertiary/aromatic N) is 1. The molecule has 1 N–H and O–H groups in total. The maximum absolute atomic E-state index is 11.5. The molecule has 5 nitrogen and oxygen atoms in total. The lowest BCUT2D eigenvalue weighted by atomic mass is 10.1. The van der Waals surface area contributed by atoms with Crippen molar-refractivity contribution in [3.05, 3.63) is 40.2 Å². The summed E-state index contributed by atoms with van der Waals surface area (Å²) in [5.41, 5.74) is 1.68. The highest BCUT2D eigenvalue weighted by Gasteiger charge is 2.11. The Morgan fingerprint density at radius 1 is 1.26 bits per heavy atom. The van der Waals surface area contributed by atoms with Crippen molar-refractivity contribution in [3.8, 4) is 22.8 Å². The molecule has 0 atom stereocenters. The maximum Gasteiger partial charge on any atom is 0.268 e. The van der Waals surface area contributed by atoms with Gasteiger partial charge in [0.05, 0.1) is 19.9 Å². The van der Waals surface area contributed by atoms with Gasteiger partial charge in [-0.25, -0.2) is 5.10 Å². The molecule has 0 saturated carbocycles. The number of thiol groups is 1. The molecule has 0 radical (unpaired) electrons. The Bertz CT molecular complexity index is 640. The Morgan fingerprint density at radius 3 is 2.68 bits per heavy atom. The fraction of sp³-hybridized carbons (Fsp3) is 0.231. The van der Waals surface area contributed by atoms with E-state index in [0.717, 1.165) is 5.56 Å². The van der Waals surface area contributed by atoms with Crippen LogP contribution in [0.2, 0.25) is 0 Å². The number of hydrogen-bond donors (Lipinski definition) is 2. The Morgan fingerprint density at radius 2 is 2.05 bits per heavy atom. The van der Waals surface area contributed by atoms with E-state index in [1.807, 2.05) is 6.07 Å². The fourth-order valence-electron chi connectivity index (χ4n) is 1.72. The molecule has 0 fully saturated rings. The molecule has 1 heterocycles. The van der Waals surface area contributed by atoms with Crippen LogP contribution in [0.15, 0.2) is 29.1 Å². The summed E-state index contributed by atoms with van der Waals surface area (Å²) >= 11 is 4.12. The monoisotopic (exact) mass is 278 g/mol. The molecule has 1 aromatic carbocycles. The van der Waals surface area contributed by atoms with Gasteiger partial charge in [-0.15, -0.1) is 0 Å². The second kappa shape index (κ2) is 5.79. The van der Waals surface area contributed by atoms with Crippen molar-refractivity contribution in [3.63, 3.8) is 0 Å². The first-order valence-corrected chi connectivity index (χ1v) is 6.24. The van der Waals surface area contributed by atoms with Gasteiger partial charge < -0.3 is 9.47 Å². The van der Waals surface area contributed by atoms with E-state index < -0.39 is 0 Å². The second-order valence-electron chi connectivity index (χ2n) is 3.83. The van der Waals surface area contributed by atoms with E-state index in [0.29, 0.717) is 28.5 Å². The zero-order valence-corrected chi connectivity index (χ0v) is 11.5. The third-order valence-electron chi connectivity index (χ3n) is 2.73. The number of ether oxygens (including phenoxy) is 2. The lowest BCUT2D eigenvalue weighted by Crippen LogP contribution is -2.13. The summed E-state index contributed by atoms with van der Waals surface area (Å²) in [5, 5.41) is 6.49. The Hall–Kier alpha value is -1.95. The molecule has 0 bridgehead atoms. The van der Waals surface area contributed by atoms with Crippen molar-refractivity contribution in [2.45, 2.75) is 5.75 Å². The average Bonchev–Trinajstić information content (AvgIpc) is 2.47. The topological polar surface area (TPSA) is 64.2 Å². The van der Waals surface area contributed by atoms with E-state index in [2.05, 4.69) is 22.8 Å². The molecule has 6 heteroatoms. The number of H-pyrrole nitrogens is 1. The summed E-state index contributed by atoms with van der Waals surface area (Å²) in [7, 11) is 3.17. The van der Waals surface area contributed by atoms with Crippen LogP contribution in [0.25, 0.3) is 11.3 Å². The summed E-state index contributed by atoms with van der Waals surface area (Å²) in [4.78, 5) is 11.5. The molecule has 0 spiro atoms. The molecule has 0 saturated heterocycles. The van der Waals surface area contributed by atoms with Crippen LogP contribution in [-0.2, 0) is 5.75 Å². The van der Waals surface area contributed by atoms with Gasteiger partial charge in [-0.3, -0.25) is 4.79 Å². The molecule has 0 aliphatic rings. The van der Waals surface area contributed by atoms with Crippen LogP contribution in [0.1, 0.15) is 5.56 Å². The highest BCUT2D eigenvalue weighted by molar-refractivity contribution is 7.79. The van der Waals surface area contributed by atoms with Crippen LogP contribution < -0.4 is 15.0 Å². The zero-order valence-electron chi connectivity index (χ0n) is 10.6. The predicted octanol–water partition coefficient (Wildman–Crippen LogP) is 1.88. The predicted molar refractivity (Wildman–Crippen MR) is 76.1 cm³/mol. The average molecular weight is 278 g/mol. The van der Waals surface area contributed by atoms with Crippen LogP contribution >= 0.6 is 12.6 Å². The number of aromatic amines is 1. The van der Waals surface area contributed by atoms with Crippen LogP contribution in [0.4, 0.5) is 0 Å². The molecule has 1 aromatic heterocycles. The number of benzene rings is 1. The minimum Gasteiger partial charge on any atom is -0.497 e. The first-order valence-electron chi connectivity index (χ1n) is 5.61. The summed E-state index contributed by atoms with van der Waals surface area (Å²) in [5.74, 6) is 1.69. The lowest BCUT2D eigenvalue weighted by molar-refractivity contribution is 0.404. The zero-order chi connectivity index (χ0) is 13.8. The molecule has 0 aliphatic heterocycles. The highest BCUT2D eigenvalue weighted by atomic mass is 32.1. The molecule has 19 heavy (non-hydrogen) atoms. The van der Waals surface area contributed by atoms with Crippen LogP contribution in [0, 0.1) is 0 Å². The Labute approximate surface area is 116 Å². The van der Waals surface area contributed by atoms with Crippen LogP contribution in [0.5, 0.6) is 11.5 Å². The third kappa shape index (κ3) is 2.73. The molecule has 2 aromatic rings. The number of rotatable bonds is 4. The molecular formula is C13H14N2O3S. The van der Waals surface area contributed by atoms with Crippen molar-refractivity contribution in [1.29, 1.82) is 0 Å². The maximum atomic E-state index is 11.5. The van der Waals surface area contributed by atoms with Crippen molar-refractivity contribution in [2.24, 2.45) is 0 Å². The number of methoxy groups -OCH3 is 2. The van der Waals surface area contributed by atoms with Crippen LogP contribution in [-0.4, -0.2) is 24.4 Å². The van der Waals surface area contributed by atoms with Crippen molar-refractivity contribution in [2.75, 3.05) is 14.2 Å². The van der Waals surface area contributed by atoms with Gasteiger partial charge >= 0.3 is 0 Å². The van der Waals surface area contributed by atoms with E-state index in [4.69, 9.17) is 9.47 Å². The first kappa shape index (κ1) is 13.5. The minimum absolute atomic E-state index is 0.236. The summed E-state index contributed by atoms with van der Waals surface area (Å²) < 4.78 is 10.5. The summed E-state index contributed by atoms with van der Waals surface area (Å²) in [6.45, 7) is 0. The fourth-order valence-corrected chi connectivity index (χ4v) is 1.95. The minimum atomic E-state index is -0.236. The van der Waals surface area contributed by atoms with Gasteiger partial charge in [-0.2, -0.15) is 17.7 Å². The first-order chi connectivity index (χ1) is 9.19. The molecule has 0 unspecified atom stereocenters. The third-order valence-corrected chi connectivity index (χ3v) is 3.07. The van der Waals surface area contributed by atoms with E-state index in [9.17, 15) is 4.79 Å². The summed E-state index contributed by atoms with van der Waals surface area (Å²) in [6, 6.07) is 7.10. The number of nitrogens with one attached hydrogen (secondary N) is 1. The van der Waals surface area contributed by atoms with Gasteiger partial charge in [-0.1, -0.05) is 0 Å². The van der Waals surface area contributed by atoms with E-state index in [-0.39, 0.29) is 5.56 Å². The van der Waals surface area contributed by atoms with Gasteiger partial charge in [0.15, 0.2) is 0 Å². The van der Waals surface area contributed by atoms with Crippen molar-refractivity contribution in [1.82, 2.24) is 10.2 Å². The van der Waals surface area contributed by atoms with E-state index >= 15 is 0 Å². The molecule has 2 rings (SSSR count). The smallest absolute Gasteiger partial charge is 0.268 e. The lowest BCUT2D eigenvalue weighted by Gasteiger charge is -2.10. The van der Waals surface area contributed by atoms with Gasteiger partial charge in [0.2, 0.25) is 0 Å². The standard InChI is InChI=1S/C13H14N2O3S/c1-17-9-3-4-12(18-2)10(6-9)11-5-8(7-19)13(16)15-14-11/h3-6,19H,7H2,1-2H3,(H,15,16). The van der Waals surface area contributed by atoms with Crippen molar-refractivity contribution >= 4 is 12.6 Å². The number of hydrogen-bond acceptors (Lipinski definition) is 5. The quantitative estimate of drug-likeness (QED) is 0.838. The summed E-state index contributed by atoms with van der Waals surface area (Å²) in [6.07, 6.45) is 0.